The van der Waals surface area contributed by atoms with Crippen LogP contribution < -0.4 is 4.90 Å². The van der Waals surface area contributed by atoms with Crippen molar-refractivity contribution in [2.45, 2.75) is 33.6 Å². The summed E-state index contributed by atoms with van der Waals surface area (Å²) in [5.41, 5.74) is 3.81. The number of hydrogen-bond donors (Lipinski definition) is 0. The number of hydrogen-bond acceptors (Lipinski definition) is 3. The summed E-state index contributed by atoms with van der Waals surface area (Å²) >= 11 is 0. The summed E-state index contributed by atoms with van der Waals surface area (Å²) in [7, 11) is 0. The van der Waals surface area contributed by atoms with Gasteiger partial charge in [-0.3, -0.25) is 14.5 Å². The van der Waals surface area contributed by atoms with E-state index in [1.54, 1.807) is 0 Å². The Morgan fingerprint density at radius 1 is 0.889 bits per heavy atom. The highest BCUT2D eigenvalue weighted by Crippen LogP contribution is 2.34. The maximum Gasteiger partial charge on any atom is 0.278 e. The van der Waals surface area contributed by atoms with Crippen LogP contribution in [0.2, 0.25) is 0 Å². The SMILES string of the molecule is CCCCN1C(=O)C(c2ccc(C)cc2)=C(N(CC)c2ccccc2)C1=O. The van der Waals surface area contributed by atoms with Gasteiger partial charge in [-0.2, -0.15) is 0 Å². The van der Waals surface area contributed by atoms with Crippen molar-refractivity contribution >= 4 is 23.1 Å². The van der Waals surface area contributed by atoms with Gasteiger partial charge < -0.3 is 4.90 Å². The van der Waals surface area contributed by atoms with Gasteiger partial charge in [-0.25, -0.2) is 0 Å². The van der Waals surface area contributed by atoms with Crippen molar-refractivity contribution in [3.8, 4) is 0 Å². The molecule has 0 radical (unpaired) electrons. The molecule has 2 aromatic rings. The van der Waals surface area contributed by atoms with Crippen molar-refractivity contribution in [2.24, 2.45) is 0 Å². The normalized spacial score (nSPS) is 14.3. The highest BCUT2D eigenvalue weighted by molar-refractivity contribution is 6.36. The van der Waals surface area contributed by atoms with Crippen LogP contribution in [0.3, 0.4) is 0 Å². The van der Waals surface area contributed by atoms with Gasteiger partial charge in [0.25, 0.3) is 11.8 Å². The Balaban J connectivity index is 2.14. The fraction of sp³-hybridized carbons (Fsp3) is 0.304. The predicted molar refractivity (Wildman–Crippen MR) is 109 cm³/mol. The Kier molecular flexibility index (Phi) is 5.75. The van der Waals surface area contributed by atoms with Crippen LogP contribution in [-0.2, 0) is 9.59 Å². The van der Waals surface area contributed by atoms with Gasteiger partial charge in [0.15, 0.2) is 0 Å². The predicted octanol–water partition coefficient (Wildman–Crippen LogP) is 4.40. The van der Waals surface area contributed by atoms with Gasteiger partial charge in [-0.15, -0.1) is 0 Å². The van der Waals surface area contributed by atoms with E-state index >= 15 is 0 Å². The molecule has 0 fully saturated rings. The van der Waals surface area contributed by atoms with Gasteiger partial charge in [0, 0.05) is 18.8 Å². The maximum atomic E-state index is 13.3. The zero-order valence-electron chi connectivity index (χ0n) is 16.2. The zero-order chi connectivity index (χ0) is 19.4. The molecule has 2 amide bonds. The molecule has 1 aliphatic rings. The average molecular weight is 362 g/mol. The molecule has 1 aliphatic heterocycles. The summed E-state index contributed by atoms with van der Waals surface area (Å²) in [4.78, 5) is 29.8. The summed E-state index contributed by atoms with van der Waals surface area (Å²) in [5, 5.41) is 0. The van der Waals surface area contributed by atoms with Crippen molar-refractivity contribution in [3.63, 3.8) is 0 Å². The number of rotatable bonds is 7. The number of carbonyl (C=O) groups is 2. The van der Waals surface area contributed by atoms with E-state index in [4.69, 9.17) is 0 Å². The number of imide groups is 1. The largest absolute Gasteiger partial charge is 0.337 e. The number of unbranched alkanes of at least 4 members (excludes halogenated alkanes) is 1. The monoisotopic (exact) mass is 362 g/mol. The van der Waals surface area contributed by atoms with Crippen LogP contribution in [-0.4, -0.2) is 29.8 Å². The molecule has 27 heavy (non-hydrogen) atoms. The van der Waals surface area contributed by atoms with E-state index in [0.29, 0.717) is 24.4 Å². The van der Waals surface area contributed by atoms with Crippen molar-refractivity contribution in [1.82, 2.24) is 4.90 Å². The minimum atomic E-state index is -0.199. The average Bonchev–Trinajstić information content (AvgIpc) is 2.93. The molecule has 0 aromatic heterocycles. The lowest BCUT2D eigenvalue weighted by atomic mass is 10.0. The number of benzene rings is 2. The van der Waals surface area contributed by atoms with Crippen molar-refractivity contribution in [3.05, 3.63) is 71.4 Å². The highest BCUT2D eigenvalue weighted by atomic mass is 16.2. The quantitative estimate of drug-likeness (QED) is 0.686. The first-order valence-corrected chi connectivity index (χ1v) is 9.58. The number of anilines is 1. The summed E-state index contributed by atoms with van der Waals surface area (Å²) in [5.74, 6) is -0.392. The zero-order valence-corrected chi connectivity index (χ0v) is 16.2. The molecule has 1 heterocycles. The Labute approximate surface area is 161 Å². The van der Waals surface area contributed by atoms with Crippen molar-refractivity contribution in [2.75, 3.05) is 18.0 Å². The molecule has 0 N–H and O–H groups in total. The molecule has 4 heteroatoms. The second kappa shape index (κ2) is 8.21. The molecule has 0 saturated carbocycles. The number of nitrogens with zero attached hydrogens (tertiary/aromatic N) is 2. The summed E-state index contributed by atoms with van der Waals surface area (Å²) < 4.78 is 0. The van der Waals surface area contributed by atoms with Crippen LogP contribution in [0.4, 0.5) is 5.69 Å². The van der Waals surface area contributed by atoms with E-state index in [2.05, 4.69) is 6.92 Å². The van der Waals surface area contributed by atoms with Crippen LogP contribution in [0.1, 0.15) is 37.8 Å². The number of carbonyl (C=O) groups excluding carboxylic acids is 2. The molecule has 0 unspecified atom stereocenters. The molecule has 140 valence electrons. The van der Waals surface area contributed by atoms with E-state index in [1.165, 1.54) is 4.90 Å². The molecule has 0 atom stereocenters. The topological polar surface area (TPSA) is 40.6 Å². The van der Waals surface area contributed by atoms with E-state index in [1.807, 2.05) is 73.3 Å². The summed E-state index contributed by atoms with van der Waals surface area (Å²) in [6.07, 6.45) is 1.74. The van der Waals surface area contributed by atoms with Gasteiger partial charge in [0.05, 0.1) is 5.57 Å². The molecular formula is C23H26N2O2. The Bertz CT molecular complexity index is 854. The van der Waals surface area contributed by atoms with Crippen molar-refractivity contribution < 1.29 is 9.59 Å². The molecule has 0 bridgehead atoms. The fourth-order valence-corrected chi connectivity index (χ4v) is 3.39. The van der Waals surface area contributed by atoms with Crippen LogP contribution in [0.5, 0.6) is 0 Å². The number of para-hydroxylation sites is 1. The molecule has 3 rings (SSSR count). The molecule has 0 spiro atoms. The molecule has 2 aromatic carbocycles. The van der Waals surface area contributed by atoms with E-state index < -0.39 is 0 Å². The third-order valence-electron chi connectivity index (χ3n) is 4.87. The van der Waals surface area contributed by atoms with Crippen molar-refractivity contribution in [1.29, 1.82) is 0 Å². The molecular weight excluding hydrogens is 336 g/mol. The fourth-order valence-electron chi connectivity index (χ4n) is 3.39. The van der Waals surface area contributed by atoms with Gasteiger partial charge >= 0.3 is 0 Å². The lowest BCUT2D eigenvalue weighted by molar-refractivity contribution is -0.136. The number of amides is 2. The molecule has 4 nitrogen and oxygen atoms in total. The number of aryl methyl sites for hydroxylation is 1. The van der Waals surface area contributed by atoms with Gasteiger partial charge in [0.2, 0.25) is 0 Å². The third kappa shape index (κ3) is 3.65. The minimum absolute atomic E-state index is 0.193. The van der Waals surface area contributed by atoms with Crippen LogP contribution in [0.15, 0.2) is 60.3 Å². The van der Waals surface area contributed by atoms with Gasteiger partial charge in [0.1, 0.15) is 5.70 Å². The second-order valence-corrected chi connectivity index (χ2v) is 6.78. The minimum Gasteiger partial charge on any atom is -0.337 e. The Hall–Kier alpha value is -2.88. The Morgan fingerprint density at radius 2 is 1.56 bits per heavy atom. The first-order chi connectivity index (χ1) is 13.1. The highest BCUT2D eigenvalue weighted by Gasteiger charge is 2.41. The lowest BCUT2D eigenvalue weighted by Crippen LogP contribution is -2.36. The lowest BCUT2D eigenvalue weighted by Gasteiger charge is -2.24. The first kappa shape index (κ1) is 18.9. The maximum absolute atomic E-state index is 13.3. The molecule has 0 saturated heterocycles. The van der Waals surface area contributed by atoms with Gasteiger partial charge in [-0.1, -0.05) is 61.4 Å². The standard InChI is InChI=1S/C23H26N2O2/c1-4-6-16-25-22(26)20(18-14-12-17(3)13-15-18)21(23(25)27)24(5-2)19-10-8-7-9-11-19/h7-15H,4-6,16H2,1-3H3. The first-order valence-electron chi connectivity index (χ1n) is 9.58. The summed E-state index contributed by atoms with van der Waals surface area (Å²) in [6.45, 7) is 7.13. The van der Waals surface area contributed by atoms with E-state index in [-0.39, 0.29) is 11.8 Å². The van der Waals surface area contributed by atoms with Crippen LogP contribution in [0, 0.1) is 6.92 Å². The van der Waals surface area contributed by atoms with Crippen LogP contribution in [0.25, 0.3) is 5.57 Å². The smallest absolute Gasteiger partial charge is 0.278 e. The molecule has 0 aliphatic carbocycles. The number of likely N-dealkylation sites (N-methyl/N-ethyl adjacent to an activating group) is 1. The van der Waals surface area contributed by atoms with Gasteiger partial charge in [-0.05, 0) is 38.0 Å². The third-order valence-corrected chi connectivity index (χ3v) is 4.87. The summed E-state index contributed by atoms with van der Waals surface area (Å²) in [6, 6.07) is 17.6. The van der Waals surface area contributed by atoms with Crippen LogP contribution >= 0.6 is 0 Å². The van der Waals surface area contributed by atoms with E-state index in [0.717, 1.165) is 29.7 Å². The second-order valence-electron chi connectivity index (χ2n) is 6.78. The van der Waals surface area contributed by atoms with E-state index in [9.17, 15) is 9.59 Å². The Morgan fingerprint density at radius 3 is 2.15 bits per heavy atom.